The third kappa shape index (κ3) is 5.52. The van der Waals surface area contributed by atoms with E-state index in [1.165, 1.54) is 76.8 Å². The van der Waals surface area contributed by atoms with Gasteiger partial charge < -0.3 is 5.32 Å². The highest BCUT2D eigenvalue weighted by atomic mass is 15.3. The van der Waals surface area contributed by atoms with Gasteiger partial charge >= 0.3 is 0 Å². The Morgan fingerprint density at radius 1 is 0.608 bits per heavy atom. The molecule has 3 heteroatoms. The van der Waals surface area contributed by atoms with Crippen molar-refractivity contribution in [2.75, 3.05) is 11.4 Å². The molecular formula is C48H39N3. The van der Waals surface area contributed by atoms with Gasteiger partial charge in [-0.3, -0.25) is 9.89 Å². The summed E-state index contributed by atoms with van der Waals surface area (Å²) in [5.41, 5.74) is 12.4. The number of hydrogen-bond donors (Lipinski definition) is 1. The van der Waals surface area contributed by atoms with Crippen molar-refractivity contribution in [2.45, 2.75) is 26.7 Å². The molecule has 1 aliphatic heterocycles. The highest BCUT2D eigenvalue weighted by Gasteiger charge is 2.24. The molecule has 1 N–H and O–H groups in total. The highest BCUT2D eigenvalue weighted by molar-refractivity contribution is 6.32. The predicted octanol–water partition coefficient (Wildman–Crippen LogP) is 12.4. The van der Waals surface area contributed by atoms with E-state index >= 15 is 0 Å². The Bertz CT molecular complexity index is 2570. The van der Waals surface area contributed by atoms with Crippen molar-refractivity contribution in [1.82, 2.24) is 5.32 Å². The quantitative estimate of drug-likeness (QED) is 0.180. The van der Waals surface area contributed by atoms with Crippen LogP contribution in [0, 0.1) is 13.8 Å². The number of fused-ring (bicyclic) bond motifs is 6. The number of aryl methyl sites for hydroxylation is 2. The fraction of sp³-hybridized carbons (Fsp3) is 0.104. The van der Waals surface area contributed by atoms with Gasteiger partial charge in [-0.15, -0.1) is 0 Å². The summed E-state index contributed by atoms with van der Waals surface area (Å²) >= 11 is 0. The maximum absolute atomic E-state index is 4.57. The monoisotopic (exact) mass is 657 g/mol. The van der Waals surface area contributed by atoms with Crippen LogP contribution in [0.2, 0.25) is 0 Å². The molecule has 0 spiro atoms. The molecule has 0 unspecified atom stereocenters. The van der Waals surface area contributed by atoms with E-state index in [1.807, 2.05) is 12.4 Å². The van der Waals surface area contributed by atoms with Gasteiger partial charge in [0.25, 0.3) is 0 Å². The molecule has 3 nitrogen and oxygen atoms in total. The van der Waals surface area contributed by atoms with Gasteiger partial charge in [0.15, 0.2) is 0 Å². The van der Waals surface area contributed by atoms with Crippen molar-refractivity contribution >= 4 is 55.5 Å². The van der Waals surface area contributed by atoms with Crippen molar-refractivity contribution < 1.29 is 0 Å². The largest absolute Gasteiger partial charge is 0.365 e. The van der Waals surface area contributed by atoms with Gasteiger partial charge in [0.1, 0.15) is 5.82 Å². The lowest BCUT2D eigenvalue weighted by Gasteiger charge is -2.30. The van der Waals surface area contributed by atoms with Crippen LogP contribution in [0.15, 0.2) is 163 Å². The van der Waals surface area contributed by atoms with Crippen LogP contribution in [0.25, 0.3) is 60.1 Å². The van der Waals surface area contributed by atoms with E-state index in [2.05, 4.69) is 175 Å². The number of rotatable bonds is 6. The predicted molar refractivity (Wildman–Crippen MR) is 219 cm³/mol. The topological polar surface area (TPSA) is 27.6 Å². The number of nitrogens with zero attached hydrogens (tertiary/aromatic N) is 2. The van der Waals surface area contributed by atoms with Crippen LogP contribution in [-0.4, -0.2) is 12.8 Å². The zero-order chi connectivity index (χ0) is 34.3. The minimum atomic E-state index is 0.686. The Hall–Kier alpha value is -6.19. The summed E-state index contributed by atoms with van der Waals surface area (Å²) < 4.78 is 0. The molecule has 0 saturated carbocycles. The summed E-state index contributed by atoms with van der Waals surface area (Å²) in [6, 6.07) is 47.1. The van der Waals surface area contributed by atoms with Crippen LogP contribution in [0.4, 0.5) is 11.4 Å². The Balaban J connectivity index is 1.44. The first-order valence-electron chi connectivity index (χ1n) is 17.9. The second-order valence-electron chi connectivity index (χ2n) is 13.7. The van der Waals surface area contributed by atoms with Gasteiger partial charge in [-0.05, 0) is 134 Å². The molecule has 7 aromatic carbocycles. The Kier molecular flexibility index (Phi) is 7.82. The van der Waals surface area contributed by atoms with Crippen LogP contribution < -0.4 is 10.2 Å². The lowest BCUT2D eigenvalue weighted by molar-refractivity contribution is 0.869. The van der Waals surface area contributed by atoms with Crippen molar-refractivity contribution in [3.63, 3.8) is 0 Å². The zero-order valence-corrected chi connectivity index (χ0v) is 29.0. The third-order valence-corrected chi connectivity index (χ3v) is 10.2. The Morgan fingerprint density at radius 3 is 1.98 bits per heavy atom. The SMILES string of the molecule is Cc1cc(C)cc(N(C2=CN=CCN2)c2ccc3c(c2)c2ccccc2c2c(-c4ccccc4)cc(-c4ccccc4)c(C4=CC=CCC4)c32)c1. The van der Waals surface area contributed by atoms with Crippen LogP contribution in [-0.2, 0) is 0 Å². The average Bonchev–Trinajstić information content (AvgIpc) is 3.18. The molecule has 1 aliphatic carbocycles. The lowest BCUT2D eigenvalue weighted by Crippen LogP contribution is -2.31. The molecule has 0 amide bonds. The molecule has 246 valence electrons. The summed E-state index contributed by atoms with van der Waals surface area (Å²) in [5, 5.41) is 11.2. The molecule has 0 aromatic heterocycles. The molecule has 0 bridgehead atoms. The normalized spacial score (nSPS) is 14.1. The second-order valence-corrected chi connectivity index (χ2v) is 13.7. The van der Waals surface area contributed by atoms with E-state index in [9.17, 15) is 0 Å². The summed E-state index contributed by atoms with van der Waals surface area (Å²) in [6.45, 7) is 5.02. The van der Waals surface area contributed by atoms with Gasteiger partial charge in [0.05, 0.1) is 12.7 Å². The van der Waals surface area contributed by atoms with Gasteiger partial charge in [0.2, 0.25) is 0 Å². The summed E-state index contributed by atoms with van der Waals surface area (Å²) in [4.78, 5) is 6.89. The van der Waals surface area contributed by atoms with Crippen LogP contribution in [0.5, 0.6) is 0 Å². The smallest absolute Gasteiger partial charge is 0.130 e. The van der Waals surface area contributed by atoms with Crippen LogP contribution in [0.3, 0.4) is 0 Å². The first kappa shape index (κ1) is 30.8. The molecule has 2 aliphatic rings. The fourth-order valence-corrected chi connectivity index (χ4v) is 8.13. The second kappa shape index (κ2) is 12.9. The average molecular weight is 658 g/mol. The van der Waals surface area contributed by atoms with Crippen LogP contribution >= 0.6 is 0 Å². The van der Waals surface area contributed by atoms with E-state index < -0.39 is 0 Å². The third-order valence-electron chi connectivity index (χ3n) is 10.2. The van der Waals surface area contributed by atoms with Crippen molar-refractivity contribution in [2.24, 2.45) is 4.99 Å². The Labute approximate surface area is 299 Å². The first-order valence-corrected chi connectivity index (χ1v) is 17.9. The van der Waals surface area contributed by atoms with Gasteiger partial charge in [-0.1, -0.05) is 115 Å². The van der Waals surface area contributed by atoms with Crippen molar-refractivity contribution in [3.05, 3.63) is 174 Å². The molecule has 0 fully saturated rings. The molecule has 0 atom stereocenters. The molecule has 0 radical (unpaired) electrons. The standard InChI is InChI=1S/C48H39N3/c1-32-26-33(2)28-38(27-32)51(45-31-49-24-25-50-45)37-22-23-41-44(29-37)39-20-12-13-21-40(39)47-43(35-16-8-4-9-17-35)30-42(34-14-6-3-7-15-34)46(48(41)47)36-18-10-5-11-19-36/h3-10,12-18,20-24,26-31,50H,11,19,25H2,1-2H3. The maximum atomic E-state index is 4.57. The van der Waals surface area contributed by atoms with Gasteiger partial charge in [-0.25, -0.2) is 0 Å². The van der Waals surface area contributed by atoms with Gasteiger partial charge in [0, 0.05) is 17.6 Å². The Morgan fingerprint density at radius 2 is 1.29 bits per heavy atom. The summed E-state index contributed by atoms with van der Waals surface area (Å²) in [7, 11) is 0. The zero-order valence-electron chi connectivity index (χ0n) is 29.0. The molecule has 9 rings (SSSR count). The first-order chi connectivity index (χ1) is 25.1. The van der Waals surface area contributed by atoms with Gasteiger partial charge in [-0.2, -0.15) is 0 Å². The molecule has 1 heterocycles. The molecule has 0 saturated heterocycles. The minimum absolute atomic E-state index is 0.686. The highest BCUT2D eigenvalue weighted by Crippen LogP contribution is 2.49. The number of benzene rings is 7. The number of anilines is 2. The minimum Gasteiger partial charge on any atom is -0.365 e. The number of nitrogens with one attached hydrogen (secondary N) is 1. The van der Waals surface area contributed by atoms with E-state index in [0.29, 0.717) is 6.54 Å². The molecule has 51 heavy (non-hydrogen) atoms. The molecular weight excluding hydrogens is 619 g/mol. The summed E-state index contributed by atoms with van der Waals surface area (Å²) in [5.74, 6) is 0.963. The molecule has 7 aromatic rings. The maximum Gasteiger partial charge on any atom is 0.130 e. The van der Waals surface area contributed by atoms with E-state index in [-0.39, 0.29) is 0 Å². The summed E-state index contributed by atoms with van der Waals surface area (Å²) in [6.07, 6.45) is 12.7. The van der Waals surface area contributed by atoms with E-state index in [0.717, 1.165) is 30.0 Å². The number of allylic oxidation sites excluding steroid dienone is 4. The lowest BCUT2D eigenvalue weighted by atomic mass is 9.80. The van der Waals surface area contributed by atoms with Crippen LogP contribution in [0.1, 0.15) is 29.5 Å². The van der Waals surface area contributed by atoms with Crippen molar-refractivity contribution in [3.8, 4) is 22.3 Å². The van der Waals surface area contributed by atoms with E-state index in [1.54, 1.807) is 0 Å². The number of hydrogen-bond acceptors (Lipinski definition) is 3. The fourth-order valence-electron chi connectivity index (χ4n) is 8.13. The van der Waals surface area contributed by atoms with E-state index in [4.69, 9.17) is 0 Å². The number of aliphatic imine (C=N–C) groups is 1. The van der Waals surface area contributed by atoms with Crippen molar-refractivity contribution in [1.29, 1.82) is 0 Å².